The molecule has 0 amide bonds. The molecule has 90 valence electrons. The summed E-state index contributed by atoms with van der Waals surface area (Å²) in [5, 5.41) is 8.28. The lowest BCUT2D eigenvalue weighted by atomic mass is 10.1. The van der Waals surface area contributed by atoms with Crippen LogP contribution in [0.1, 0.15) is 18.5 Å². The lowest BCUT2D eigenvalue weighted by Gasteiger charge is -2.16. The van der Waals surface area contributed by atoms with Crippen molar-refractivity contribution in [1.82, 2.24) is 0 Å². The van der Waals surface area contributed by atoms with Crippen molar-refractivity contribution in [2.24, 2.45) is 0 Å². The van der Waals surface area contributed by atoms with Crippen LogP contribution in [0.5, 0.6) is 5.75 Å². The van der Waals surface area contributed by atoms with Crippen LogP contribution < -0.4 is 10.1 Å². The van der Waals surface area contributed by atoms with E-state index in [0.717, 1.165) is 11.4 Å². The number of thiophene rings is 1. The first-order valence-electron chi connectivity index (χ1n) is 5.33. The van der Waals surface area contributed by atoms with Crippen LogP contribution in [0.2, 0.25) is 5.02 Å². The number of nitrogens with one attached hydrogen (secondary N) is 1. The number of benzene rings is 1. The van der Waals surface area contributed by atoms with E-state index in [2.05, 4.69) is 29.1 Å². The van der Waals surface area contributed by atoms with Crippen LogP contribution in [0.4, 0.5) is 5.69 Å². The van der Waals surface area contributed by atoms with E-state index in [-0.39, 0.29) is 6.04 Å². The molecular weight excluding hydrogens is 254 g/mol. The van der Waals surface area contributed by atoms with Crippen molar-refractivity contribution in [1.29, 1.82) is 0 Å². The van der Waals surface area contributed by atoms with Crippen LogP contribution in [0.3, 0.4) is 0 Å². The van der Waals surface area contributed by atoms with Crippen LogP contribution in [-0.2, 0) is 0 Å². The summed E-state index contributed by atoms with van der Waals surface area (Å²) < 4.78 is 5.19. The average molecular weight is 268 g/mol. The smallest absolute Gasteiger partial charge is 0.121 e. The molecule has 1 aromatic heterocycles. The third kappa shape index (κ3) is 2.93. The van der Waals surface area contributed by atoms with Crippen LogP contribution in [0.15, 0.2) is 35.0 Å². The van der Waals surface area contributed by atoms with Crippen molar-refractivity contribution in [2.45, 2.75) is 13.0 Å². The molecule has 0 fully saturated rings. The van der Waals surface area contributed by atoms with Gasteiger partial charge in [0.05, 0.1) is 17.8 Å². The second kappa shape index (κ2) is 5.43. The fraction of sp³-hybridized carbons (Fsp3) is 0.231. The van der Waals surface area contributed by atoms with Gasteiger partial charge in [0.2, 0.25) is 0 Å². The van der Waals surface area contributed by atoms with Crippen molar-refractivity contribution >= 4 is 28.6 Å². The zero-order valence-corrected chi connectivity index (χ0v) is 11.3. The van der Waals surface area contributed by atoms with Gasteiger partial charge in [0.25, 0.3) is 0 Å². The summed E-state index contributed by atoms with van der Waals surface area (Å²) in [7, 11) is 1.65. The molecule has 2 aromatic rings. The first-order valence-corrected chi connectivity index (χ1v) is 6.65. The maximum atomic E-state index is 6.14. The Balaban J connectivity index is 2.18. The van der Waals surface area contributed by atoms with Crippen molar-refractivity contribution < 1.29 is 4.74 Å². The van der Waals surface area contributed by atoms with Gasteiger partial charge in [-0.1, -0.05) is 11.6 Å². The fourth-order valence-corrected chi connectivity index (χ4v) is 2.51. The molecular formula is C13H14ClNOS. The molecule has 1 unspecified atom stereocenters. The summed E-state index contributed by atoms with van der Waals surface area (Å²) in [5.74, 6) is 0.800. The third-order valence-electron chi connectivity index (χ3n) is 2.59. The first-order chi connectivity index (χ1) is 8.20. The molecule has 17 heavy (non-hydrogen) atoms. The normalized spacial score (nSPS) is 12.2. The van der Waals surface area contributed by atoms with Gasteiger partial charge in [-0.25, -0.2) is 0 Å². The Labute approximate surface area is 110 Å². The minimum absolute atomic E-state index is 0.228. The zero-order valence-electron chi connectivity index (χ0n) is 9.74. The average Bonchev–Trinajstić information content (AvgIpc) is 2.85. The molecule has 1 heterocycles. The first kappa shape index (κ1) is 12.3. The lowest BCUT2D eigenvalue weighted by Crippen LogP contribution is -2.06. The highest BCUT2D eigenvalue weighted by atomic mass is 35.5. The van der Waals surface area contributed by atoms with Crippen molar-refractivity contribution in [3.8, 4) is 5.75 Å². The number of anilines is 1. The van der Waals surface area contributed by atoms with E-state index in [1.807, 2.05) is 18.2 Å². The highest BCUT2D eigenvalue weighted by Crippen LogP contribution is 2.30. The molecule has 1 atom stereocenters. The van der Waals surface area contributed by atoms with Gasteiger partial charge >= 0.3 is 0 Å². The van der Waals surface area contributed by atoms with Gasteiger partial charge in [-0.3, -0.25) is 0 Å². The van der Waals surface area contributed by atoms with Crippen molar-refractivity contribution in [2.75, 3.05) is 12.4 Å². The standard InChI is InChI=1S/C13H14ClNOS/c1-9(10-5-6-17-8-10)15-13-7-11(16-2)3-4-12(13)14/h3-9,15H,1-2H3. The summed E-state index contributed by atoms with van der Waals surface area (Å²) >= 11 is 7.84. The SMILES string of the molecule is COc1ccc(Cl)c(NC(C)c2ccsc2)c1. The zero-order chi connectivity index (χ0) is 12.3. The van der Waals surface area contributed by atoms with Crippen molar-refractivity contribution in [3.63, 3.8) is 0 Å². The van der Waals surface area contributed by atoms with E-state index >= 15 is 0 Å². The van der Waals surface area contributed by atoms with E-state index in [1.165, 1.54) is 5.56 Å². The minimum Gasteiger partial charge on any atom is -0.497 e. The van der Waals surface area contributed by atoms with Gasteiger partial charge in [0, 0.05) is 12.1 Å². The Kier molecular flexibility index (Phi) is 3.92. The number of hydrogen-bond acceptors (Lipinski definition) is 3. The highest BCUT2D eigenvalue weighted by Gasteiger charge is 2.08. The Morgan fingerprint density at radius 2 is 2.18 bits per heavy atom. The Hall–Kier alpha value is -1.19. The number of ether oxygens (including phenoxy) is 1. The van der Waals surface area contributed by atoms with Crippen molar-refractivity contribution in [3.05, 3.63) is 45.6 Å². The molecule has 1 N–H and O–H groups in total. The van der Waals surface area contributed by atoms with Crippen LogP contribution in [0, 0.1) is 0 Å². The van der Waals surface area contributed by atoms with Gasteiger partial charge in [-0.15, -0.1) is 0 Å². The quantitative estimate of drug-likeness (QED) is 0.875. The number of hydrogen-bond donors (Lipinski definition) is 1. The molecule has 4 heteroatoms. The maximum Gasteiger partial charge on any atom is 0.121 e. The summed E-state index contributed by atoms with van der Waals surface area (Å²) in [6.45, 7) is 2.11. The maximum absolute atomic E-state index is 6.14. The Morgan fingerprint density at radius 1 is 1.35 bits per heavy atom. The molecule has 2 rings (SSSR count). The molecule has 0 saturated heterocycles. The third-order valence-corrected chi connectivity index (χ3v) is 3.62. The van der Waals surface area contributed by atoms with Crippen LogP contribution in [0.25, 0.3) is 0 Å². The molecule has 0 spiro atoms. The molecule has 2 nitrogen and oxygen atoms in total. The summed E-state index contributed by atoms with van der Waals surface area (Å²) in [5.41, 5.74) is 2.15. The molecule has 0 bridgehead atoms. The Bertz CT molecular complexity index is 484. The minimum atomic E-state index is 0.228. The summed E-state index contributed by atoms with van der Waals surface area (Å²) in [6, 6.07) is 7.93. The second-order valence-corrected chi connectivity index (χ2v) is 4.96. The number of halogens is 1. The largest absolute Gasteiger partial charge is 0.497 e. The van der Waals surface area contributed by atoms with Crippen LogP contribution >= 0.6 is 22.9 Å². The van der Waals surface area contributed by atoms with Crippen LogP contribution in [-0.4, -0.2) is 7.11 Å². The van der Waals surface area contributed by atoms with Gasteiger partial charge in [0.1, 0.15) is 5.75 Å². The van der Waals surface area contributed by atoms with E-state index < -0.39 is 0 Å². The topological polar surface area (TPSA) is 21.3 Å². The van der Waals surface area contributed by atoms with E-state index in [1.54, 1.807) is 18.4 Å². The van der Waals surface area contributed by atoms with Gasteiger partial charge in [0.15, 0.2) is 0 Å². The molecule has 0 saturated carbocycles. The predicted molar refractivity (Wildman–Crippen MR) is 74.4 cm³/mol. The second-order valence-electron chi connectivity index (χ2n) is 3.77. The number of methoxy groups -OCH3 is 1. The van der Waals surface area contributed by atoms with Gasteiger partial charge in [-0.2, -0.15) is 11.3 Å². The molecule has 0 aliphatic heterocycles. The monoisotopic (exact) mass is 267 g/mol. The molecule has 0 radical (unpaired) electrons. The van der Waals surface area contributed by atoms with Gasteiger partial charge < -0.3 is 10.1 Å². The highest BCUT2D eigenvalue weighted by molar-refractivity contribution is 7.08. The predicted octanol–water partition coefficient (Wildman–Crippen LogP) is 4.58. The molecule has 1 aromatic carbocycles. The fourth-order valence-electron chi connectivity index (χ4n) is 1.58. The van der Waals surface area contributed by atoms with Gasteiger partial charge in [-0.05, 0) is 41.4 Å². The summed E-state index contributed by atoms with van der Waals surface area (Å²) in [6.07, 6.45) is 0. The molecule has 0 aliphatic rings. The van der Waals surface area contributed by atoms with E-state index in [9.17, 15) is 0 Å². The van der Waals surface area contributed by atoms with E-state index in [0.29, 0.717) is 5.02 Å². The number of rotatable bonds is 4. The lowest BCUT2D eigenvalue weighted by molar-refractivity contribution is 0.415. The Morgan fingerprint density at radius 3 is 2.82 bits per heavy atom. The van der Waals surface area contributed by atoms with E-state index in [4.69, 9.17) is 16.3 Å². The molecule has 0 aliphatic carbocycles. The summed E-state index contributed by atoms with van der Waals surface area (Å²) in [4.78, 5) is 0.